The van der Waals surface area contributed by atoms with Crippen molar-refractivity contribution < 1.29 is 24.2 Å². The molecular formula is C27H29N5O5. The minimum Gasteiger partial charge on any atom is -0.497 e. The number of aliphatic hydroxyl groups excluding tert-OH is 1. The number of nitrogens with two attached hydrogens (primary N) is 1. The van der Waals surface area contributed by atoms with Crippen molar-refractivity contribution in [2.24, 2.45) is 5.73 Å². The fraction of sp³-hybridized carbons (Fsp3) is 0.333. The van der Waals surface area contributed by atoms with Gasteiger partial charge < -0.3 is 25.4 Å². The molecule has 3 amide bonds. The van der Waals surface area contributed by atoms with Gasteiger partial charge in [-0.2, -0.15) is 5.10 Å². The summed E-state index contributed by atoms with van der Waals surface area (Å²) in [6, 6.07) is 14.3. The summed E-state index contributed by atoms with van der Waals surface area (Å²) in [7, 11) is 1.56. The molecule has 10 heteroatoms. The molecule has 2 aliphatic heterocycles. The van der Waals surface area contributed by atoms with Gasteiger partial charge in [0.05, 0.1) is 12.8 Å². The van der Waals surface area contributed by atoms with Crippen LogP contribution in [-0.2, 0) is 4.79 Å². The van der Waals surface area contributed by atoms with Crippen LogP contribution in [0.25, 0.3) is 5.69 Å². The Kier molecular flexibility index (Phi) is 6.66. The summed E-state index contributed by atoms with van der Waals surface area (Å²) in [4.78, 5) is 42.0. The van der Waals surface area contributed by atoms with Crippen LogP contribution in [-0.4, -0.2) is 59.4 Å². The Labute approximate surface area is 214 Å². The normalized spacial score (nSPS) is 17.6. The molecule has 0 saturated carbocycles. The molecule has 192 valence electrons. The molecule has 10 nitrogen and oxygen atoms in total. The number of hydrogen-bond donors (Lipinski definition) is 2. The number of carbonyl (C=O) groups is 3. The molecule has 1 fully saturated rings. The quantitative estimate of drug-likeness (QED) is 0.510. The highest BCUT2D eigenvalue weighted by Crippen LogP contribution is 2.37. The van der Waals surface area contributed by atoms with Gasteiger partial charge in [0.15, 0.2) is 5.69 Å². The van der Waals surface area contributed by atoms with E-state index in [1.54, 1.807) is 41.2 Å². The lowest BCUT2D eigenvalue weighted by molar-refractivity contribution is -0.119. The first kappa shape index (κ1) is 24.5. The molecule has 0 aliphatic carbocycles. The third-order valence-corrected chi connectivity index (χ3v) is 7.01. The van der Waals surface area contributed by atoms with E-state index in [4.69, 9.17) is 10.5 Å². The zero-order chi connectivity index (χ0) is 26.1. The average molecular weight is 504 g/mol. The zero-order valence-corrected chi connectivity index (χ0v) is 20.6. The lowest BCUT2D eigenvalue weighted by atomic mass is 9.88. The number of hydrogen-bond acceptors (Lipinski definition) is 6. The van der Waals surface area contributed by atoms with Gasteiger partial charge in [-0.3, -0.25) is 14.4 Å². The van der Waals surface area contributed by atoms with Gasteiger partial charge in [-0.25, -0.2) is 4.68 Å². The smallest absolute Gasteiger partial charge is 0.277 e. The first-order valence-corrected chi connectivity index (χ1v) is 12.3. The van der Waals surface area contributed by atoms with Gasteiger partial charge in [0.2, 0.25) is 5.91 Å². The fourth-order valence-electron chi connectivity index (χ4n) is 5.14. The summed E-state index contributed by atoms with van der Waals surface area (Å²) < 4.78 is 6.67. The monoisotopic (exact) mass is 503 g/mol. The molecule has 0 bridgehead atoms. The summed E-state index contributed by atoms with van der Waals surface area (Å²) in [5, 5.41) is 14.2. The van der Waals surface area contributed by atoms with E-state index >= 15 is 0 Å². The Balaban J connectivity index is 1.56. The average Bonchev–Trinajstić information content (AvgIpc) is 3.33. The first-order chi connectivity index (χ1) is 17.9. The molecule has 2 aliphatic rings. The van der Waals surface area contributed by atoms with Gasteiger partial charge >= 0.3 is 0 Å². The minimum absolute atomic E-state index is 0.0243. The molecule has 0 spiro atoms. The van der Waals surface area contributed by atoms with Crippen molar-refractivity contribution in [2.45, 2.75) is 31.6 Å². The van der Waals surface area contributed by atoms with Crippen LogP contribution < -0.4 is 20.3 Å². The third kappa shape index (κ3) is 4.44. The van der Waals surface area contributed by atoms with Crippen LogP contribution in [0.3, 0.4) is 0 Å². The number of carbonyl (C=O) groups excluding carboxylic acids is 3. The largest absolute Gasteiger partial charge is 0.497 e. The highest BCUT2D eigenvalue weighted by Gasteiger charge is 2.40. The summed E-state index contributed by atoms with van der Waals surface area (Å²) in [6.07, 6.45) is 2.72. The van der Waals surface area contributed by atoms with E-state index in [2.05, 4.69) is 5.10 Å². The molecule has 3 heterocycles. The number of primary amides is 1. The van der Waals surface area contributed by atoms with Crippen LogP contribution in [0.2, 0.25) is 0 Å². The maximum Gasteiger partial charge on any atom is 0.277 e. The standard InChI is InChI=1S/C27H29N5O5/c1-37-21-11-9-20(10-12-21)32-25-23(24(29-32)26(28)35)17(13-15-33)16-31(27(25)36)19-7-5-18(6-8-19)30-14-3-2-4-22(30)34/h5-12,17,33H,2-4,13-16H2,1H3,(H2,28,35). The van der Waals surface area contributed by atoms with E-state index in [1.165, 1.54) is 4.68 Å². The van der Waals surface area contributed by atoms with E-state index in [1.807, 2.05) is 24.3 Å². The van der Waals surface area contributed by atoms with Crippen LogP contribution in [0.15, 0.2) is 48.5 Å². The van der Waals surface area contributed by atoms with Gasteiger partial charge in [-0.15, -0.1) is 0 Å². The Morgan fingerprint density at radius 3 is 2.27 bits per heavy atom. The highest BCUT2D eigenvalue weighted by molar-refractivity contribution is 6.10. The summed E-state index contributed by atoms with van der Waals surface area (Å²) in [6.45, 7) is 0.802. The predicted molar refractivity (Wildman–Crippen MR) is 137 cm³/mol. The van der Waals surface area contributed by atoms with Gasteiger partial charge in [-0.05, 0) is 67.8 Å². The second-order valence-corrected chi connectivity index (χ2v) is 9.23. The van der Waals surface area contributed by atoms with Crippen LogP contribution in [0.5, 0.6) is 5.75 Å². The number of benzene rings is 2. The van der Waals surface area contributed by atoms with Crippen molar-refractivity contribution in [1.82, 2.24) is 9.78 Å². The topological polar surface area (TPSA) is 131 Å². The fourth-order valence-corrected chi connectivity index (χ4v) is 5.14. The van der Waals surface area contributed by atoms with Crippen molar-refractivity contribution in [2.75, 3.05) is 36.6 Å². The zero-order valence-electron chi connectivity index (χ0n) is 20.6. The summed E-state index contributed by atoms with van der Waals surface area (Å²) in [5.41, 5.74) is 8.40. The van der Waals surface area contributed by atoms with Crippen molar-refractivity contribution >= 4 is 29.1 Å². The van der Waals surface area contributed by atoms with Crippen molar-refractivity contribution in [3.05, 3.63) is 65.5 Å². The van der Waals surface area contributed by atoms with E-state index in [0.717, 1.165) is 18.5 Å². The maximum absolute atomic E-state index is 13.9. The maximum atomic E-state index is 13.9. The number of nitrogens with zero attached hydrogens (tertiary/aromatic N) is 4. The molecule has 0 radical (unpaired) electrons. The second-order valence-electron chi connectivity index (χ2n) is 9.23. The van der Waals surface area contributed by atoms with Crippen molar-refractivity contribution in [3.8, 4) is 11.4 Å². The molecule has 5 rings (SSSR count). The molecule has 3 aromatic rings. The van der Waals surface area contributed by atoms with Crippen LogP contribution in [0.4, 0.5) is 11.4 Å². The number of ether oxygens (including phenoxy) is 1. The summed E-state index contributed by atoms with van der Waals surface area (Å²) in [5.74, 6) is -0.679. The predicted octanol–water partition coefficient (Wildman–Crippen LogP) is 2.62. The van der Waals surface area contributed by atoms with E-state index < -0.39 is 5.91 Å². The van der Waals surface area contributed by atoms with Crippen molar-refractivity contribution in [3.63, 3.8) is 0 Å². The van der Waals surface area contributed by atoms with Crippen LogP contribution in [0.1, 0.15) is 58.1 Å². The number of amides is 3. The highest BCUT2D eigenvalue weighted by atomic mass is 16.5. The van der Waals surface area contributed by atoms with Gasteiger partial charge in [0.25, 0.3) is 11.8 Å². The van der Waals surface area contributed by atoms with Crippen LogP contribution in [0, 0.1) is 0 Å². The number of aliphatic hydroxyl groups is 1. The Hall–Kier alpha value is -4.18. The minimum atomic E-state index is -0.733. The molecule has 1 aromatic heterocycles. The molecule has 1 saturated heterocycles. The number of fused-ring (bicyclic) bond motifs is 1. The number of anilines is 2. The lowest BCUT2D eigenvalue weighted by Crippen LogP contribution is -2.41. The Morgan fingerprint density at radius 2 is 1.68 bits per heavy atom. The van der Waals surface area contributed by atoms with Gasteiger partial charge in [0.1, 0.15) is 11.4 Å². The Morgan fingerprint density at radius 1 is 1.03 bits per heavy atom. The van der Waals surface area contributed by atoms with Crippen LogP contribution >= 0.6 is 0 Å². The van der Waals surface area contributed by atoms with E-state index in [-0.39, 0.29) is 42.3 Å². The second kappa shape index (κ2) is 10.1. The van der Waals surface area contributed by atoms with E-state index in [0.29, 0.717) is 42.1 Å². The molecular weight excluding hydrogens is 474 g/mol. The molecule has 1 atom stereocenters. The molecule has 2 aromatic carbocycles. The number of rotatable bonds is 7. The lowest BCUT2D eigenvalue weighted by Gasteiger charge is -2.33. The Bertz CT molecular complexity index is 1330. The van der Waals surface area contributed by atoms with Crippen molar-refractivity contribution in [1.29, 1.82) is 0 Å². The third-order valence-electron chi connectivity index (χ3n) is 7.01. The summed E-state index contributed by atoms with van der Waals surface area (Å²) >= 11 is 0. The van der Waals surface area contributed by atoms with Gasteiger partial charge in [-0.1, -0.05) is 0 Å². The van der Waals surface area contributed by atoms with E-state index in [9.17, 15) is 19.5 Å². The molecule has 37 heavy (non-hydrogen) atoms. The van der Waals surface area contributed by atoms with Gasteiger partial charge in [0, 0.05) is 49.0 Å². The molecule has 3 N–H and O–H groups in total. The number of methoxy groups -OCH3 is 1. The number of piperidine rings is 1. The first-order valence-electron chi connectivity index (χ1n) is 12.3. The number of aromatic nitrogens is 2. The SMILES string of the molecule is COc1ccc(-n2nc(C(N)=O)c3c2C(=O)N(c2ccc(N4CCCCC4=O)cc2)CC3CCO)cc1. The molecule has 1 unspecified atom stereocenters.